The van der Waals surface area contributed by atoms with Gasteiger partial charge in [0.2, 0.25) is 5.91 Å². The van der Waals surface area contributed by atoms with Crippen molar-refractivity contribution in [2.45, 2.75) is 33.7 Å². The van der Waals surface area contributed by atoms with E-state index in [2.05, 4.69) is 37.9 Å². The predicted molar refractivity (Wildman–Crippen MR) is 76.2 cm³/mol. The summed E-state index contributed by atoms with van der Waals surface area (Å²) in [7, 11) is 0. The van der Waals surface area contributed by atoms with Crippen LogP contribution in [-0.4, -0.2) is 12.5 Å². The van der Waals surface area contributed by atoms with Crippen LogP contribution >= 0.6 is 11.3 Å². The molecule has 1 aromatic rings. The number of carbonyl (C=O) groups excluding carboxylic acids is 1. The summed E-state index contributed by atoms with van der Waals surface area (Å²) in [5, 5.41) is 4.90. The second-order valence-electron chi connectivity index (χ2n) is 5.32. The van der Waals surface area contributed by atoms with Gasteiger partial charge in [0.15, 0.2) is 0 Å². The van der Waals surface area contributed by atoms with Gasteiger partial charge in [-0.1, -0.05) is 32.6 Å². The first-order valence-electron chi connectivity index (χ1n) is 5.94. The minimum Gasteiger partial charge on any atom is -0.351 e. The summed E-state index contributed by atoms with van der Waals surface area (Å²) >= 11 is 1.60. The smallest absolute Gasteiger partial charge is 0.220 e. The van der Waals surface area contributed by atoms with Crippen molar-refractivity contribution in [2.24, 2.45) is 11.1 Å². The molecule has 1 heterocycles. The Morgan fingerprint density at radius 2 is 2.22 bits per heavy atom. The first kappa shape index (κ1) is 14.7. The zero-order chi connectivity index (χ0) is 13.6. The molecule has 0 fully saturated rings. The number of hydrogen-bond acceptors (Lipinski definition) is 3. The maximum absolute atomic E-state index is 11.7. The van der Waals surface area contributed by atoms with Crippen LogP contribution in [0, 0.1) is 17.3 Å². The average molecular weight is 264 g/mol. The molecular weight excluding hydrogens is 244 g/mol. The Balaban J connectivity index is 2.44. The Hall–Kier alpha value is -1.31. The van der Waals surface area contributed by atoms with E-state index in [-0.39, 0.29) is 11.3 Å². The molecule has 3 N–H and O–H groups in total. The van der Waals surface area contributed by atoms with Crippen molar-refractivity contribution in [1.82, 2.24) is 5.32 Å². The molecule has 0 aliphatic carbocycles. The van der Waals surface area contributed by atoms with E-state index in [1.807, 2.05) is 11.4 Å². The monoisotopic (exact) mass is 264 g/mol. The van der Waals surface area contributed by atoms with Gasteiger partial charge < -0.3 is 11.1 Å². The van der Waals surface area contributed by atoms with Crippen molar-refractivity contribution in [3.63, 3.8) is 0 Å². The third-order valence-electron chi connectivity index (χ3n) is 2.14. The molecule has 0 aliphatic rings. The van der Waals surface area contributed by atoms with Gasteiger partial charge in [0.05, 0.1) is 13.1 Å². The van der Waals surface area contributed by atoms with Crippen molar-refractivity contribution in [3.8, 4) is 11.8 Å². The lowest BCUT2D eigenvalue weighted by molar-refractivity contribution is -0.122. The van der Waals surface area contributed by atoms with Gasteiger partial charge in [0, 0.05) is 22.2 Å². The molecule has 0 spiro atoms. The largest absolute Gasteiger partial charge is 0.351 e. The van der Waals surface area contributed by atoms with Gasteiger partial charge in [0.1, 0.15) is 0 Å². The van der Waals surface area contributed by atoms with Gasteiger partial charge in [-0.25, -0.2) is 0 Å². The fourth-order valence-corrected chi connectivity index (χ4v) is 2.18. The van der Waals surface area contributed by atoms with Crippen molar-refractivity contribution < 1.29 is 4.79 Å². The van der Waals surface area contributed by atoms with Crippen LogP contribution in [0.5, 0.6) is 0 Å². The summed E-state index contributed by atoms with van der Waals surface area (Å²) in [6, 6.07) is 1.99. The highest BCUT2D eigenvalue weighted by atomic mass is 32.1. The summed E-state index contributed by atoms with van der Waals surface area (Å²) in [6.45, 7) is 7.10. The zero-order valence-electron chi connectivity index (χ0n) is 11.2. The van der Waals surface area contributed by atoms with E-state index in [0.717, 1.165) is 10.4 Å². The summed E-state index contributed by atoms with van der Waals surface area (Å²) < 4.78 is 0. The SMILES string of the molecule is CC(C)(C)CC(=O)NCc1cc(C#CCN)cs1. The van der Waals surface area contributed by atoms with Crippen LogP contribution in [0.3, 0.4) is 0 Å². The molecule has 1 amide bonds. The minimum absolute atomic E-state index is 0.0251. The zero-order valence-corrected chi connectivity index (χ0v) is 12.0. The van der Waals surface area contributed by atoms with E-state index < -0.39 is 0 Å². The molecule has 0 bridgehead atoms. The molecule has 0 radical (unpaired) electrons. The first-order valence-corrected chi connectivity index (χ1v) is 6.82. The number of hydrogen-bond donors (Lipinski definition) is 2. The minimum atomic E-state index is 0.0251. The van der Waals surface area contributed by atoms with Crippen LogP contribution in [0.15, 0.2) is 11.4 Å². The second-order valence-corrected chi connectivity index (χ2v) is 6.32. The van der Waals surface area contributed by atoms with E-state index in [4.69, 9.17) is 5.73 Å². The molecule has 0 saturated heterocycles. The quantitative estimate of drug-likeness (QED) is 0.822. The fraction of sp³-hybridized carbons (Fsp3) is 0.500. The lowest BCUT2D eigenvalue weighted by Crippen LogP contribution is -2.26. The third-order valence-corrected chi connectivity index (χ3v) is 3.08. The fourth-order valence-electron chi connectivity index (χ4n) is 1.42. The number of carbonyl (C=O) groups is 1. The Labute approximate surface area is 113 Å². The van der Waals surface area contributed by atoms with Crippen LogP contribution in [-0.2, 0) is 11.3 Å². The normalized spacial score (nSPS) is 10.7. The van der Waals surface area contributed by atoms with Crippen molar-refractivity contribution >= 4 is 17.2 Å². The standard InChI is InChI=1S/C14H20N2OS/c1-14(2,3)8-13(17)16-9-12-7-11(10-18-12)5-4-6-15/h7,10H,6,8-9,15H2,1-3H3,(H,16,17). The van der Waals surface area contributed by atoms with Crippen molar-refractivity contribution in [1.29, 1.82) is 0 Å². The average Bonchev–Trinajstić information content (AvgIpc) is 2.69. The Morgan fingerprint density at radius 3 is 2.83 bits per heavy atom. The van der Waals surface area contributed by atoms with Crippen molar-refractivity contribution in [3.05, 3.63) is 21.9 Å². The van der Waals surface area contributed by atoms with E-state index in [9.17, 15) is 4.79 Å². The molecule has 1 aromatic heterocycles. The Morgan fingerprint density at radius 1 is 1.50 bits per heavy atom. The van der Waals surface area contributed by atoms with Gasteiger partial charge in [-0.2, -0.15) is 0 Å². The molecule has 0 aromatic carbocycles. The van der Waals surface area contributed by atoms with Gasteiger partial charge >= 0.3 is 0 Å². The second kappa shape index (κ2) is 6.58. The Bertz CT molecular complexity index is 460. The number of nitrogens with two attached hydrogens (primary N) is 1. The Kier molecular flexibility index (Phi) is 5.39. The highest BCUT2D eigenvalue weighted by Crippen LogP contribution is 2.18. The third kappa shape index (κ3) is 5.85. The maximum atomic E-state index is 11.7. The molecular formula is C14H20N2OS. The topological polar surface area (TPSA) is 55.1 Å². The number of rotatable bonds is 3. The van der Waals surface area contributed by atoms with Gasteiger partial charge in [-0.3, -0.25) is 4.79 Å². The molecule has 0 atom stereocenters. The molecule has 0 saturated carbocycles. The maximum Gasteiger partial charge on any atom is 0.220 e. The highest BCUT2D eigenvalue weighted by Gasteiger charge is 2.15. The van der Waals surface area contributed by atoms with Crippen LogP contribution in [0.2, 0.25) is 0 Å². The van der Waals surface area contributed by atoms with E-state index in [1.54, 1.807) is 11.3 Å². The van der Waals surface area contributed by atoms with E-state index in [0.29, 0.717) is 19.5 Å². The summed E-state index contributed by atoms with van der Waals surface area (Å²) in [5.74, 6) is 5.87. The molecule has 1 rings (SSSR count). The molecule has 0 unspecified atom stereocenters. The summed E-state index contributed by atoms with van der Waals surface area (Å²) in [6.07, 6.45) is 0.540. The predicted octanol–water partition coefficient (Wildman–Crippen LogP) is 2.11. The molecule has 18 heavy (non-hydrogen) atoms. The summed E-state index contributed by atoms with van der Waals surface area (Å²) in [5.41, 5.74) is 6.30. The van der Waals surface area contributed by atoms with Crippen molar-refractivity contribution in [2.75, 3.05) is 6.54 Å². The van der Waals surface area contributed by atoms with Gasteiger partial charge in [-0.15, -0.1) is 11.3 Å². The molecule has 3 nitrogen and oxygen atoms in total. The highest BCUT2D eigenvalue weighted by molar-refractivity contribution is 7.10. The summed E-state index contributed by atoms with van der Waals surface area (Å²) in [4.78, 5) is 12.8. The van der Waals surface area contributed by atoms with Gasteiger partial charge in [-0.05, 0) is 11.5 Å². The van der Waals surface area contributed by atoms with Crippen LogP contribution < -0.4 is 11.1 Å². The van der Waals surface area contributed by atoms with Gasteiger partial charge in [0.25, 0.3) is 0 Å². The number of nitrogens with one attached hydrogen (secondary N) is 1. The van der Waals surface area contributed by atoms with Crippen LogP contribution in [0.25, 0.3) is 0 Å². The first-order chi connectivity index (χ1) is 8.40. The van der Waals surface area contributed by atoms with Crippen LogP contribution in [0.1, 0.15) is 37.6 Å². The number of thiophene rings is 1. The number of amides is 1. The molecule has 98 valence electrons. The van der Waals surface area contributed by atoms with E-state index in [1.165, 1.54) is 0 Å². The van der Waals surface area contributed by atoms with Crippen LogP contribution in [0.4, 0.5) is 0 Å². The lowest BCUT2D eigenvalue weighted by atomic mass is 9.92. The van der Waals surface area contributed by atoms with E-state index >= 15 is 0 Å². The molecule has 0 aliphatic heterocycles. The molecule has 4 heteroatoms. The lowest BCUT2D eigenvalue weighted by Gasteiger charge is -2.16.